The van der Waals surface area contributed by atoms with Crippen LogP contribution in [-0.2, 0) is 4.79 Å². The maximum atomic E-state index is 12.6. The number of thiophene rings is 1. The van der Waals surface area contributed by atoms with Crippen molar-refractivity contribution in [1.29, 1.82) is 0 Å². The first kappa shape index (κ1) is 14.0. The molecule has 0 radical (unpaired) electrons. The molecule has 20 heavy (non-hydrogen) atoms. The van der Waals surface area contributed by atoms with Crippen molar-refractivity contribution in [3.05, 3.63) is 22.4 Å². The van der Waals surface area contributed by atoms with E-state index in [0.29, 0.717) is 19.1 Å². The summed E-state index contributed by atoms with van der Waals surface area (Å²) < 4.78 is 0. The molecule has 1 aromatic heterocycles. The molecule has 1 aliphatic carbocycles. The first-order chi connectivity index (χ1) is 9.79. The third-order valence-corrected chi connectivity index (χ3v) is 5.21. The first-order valence-electron chi connectivity index (χ1n) is 7.47. The van der Waals surface area contributed by atoms with Crippen LogP contribution in [0.25, 0.3) is 0 Å². The van der Waals surface area contributed by atoms with Crippen molar-refractivity contribution in [2.45, 2.75) is 37.8 Å². The predicted octanol–water partition coefficient (Wildman–Crippen LogP) is 1.87. The van der Waals surface area contributed by atoms with Gasteiger partial charge in [-0.3, -0.25) is 9.69 Å². The number of hydrogen-bond acceptors (Lipinski definition) is 4. The third kappa shape index (κ3) is 3.05. The molecule has 1 saturated carbocycles. The second-order valence-corrected chi connectivity index (χ2v) is 6.67. The van der Waals surface area contributed by atoms with Crippen LogP contribution in [0.1, 0.15) is 36.6 Å². The molecule has 2 aliphatic rings. The summed E-state index contributed by atoms with van der Waals surface area (Å²) in [5.41, 5.74) is 0. The quantitative estimate of drug-likeness (QED) is 0.871. The van der Waals surface area contributed by atoms with Crippen LogP contribution in [0.5, 0.6) is 0 Å². The van der Waals surface area contributed by atoms with Crippen LogP contribution in [0.15, 0.2) is 17.5 Å². The molecule has 5 heteroatoms. The summed E-state index contributed by atoms with van der Waals surface area (Å²) in [6, 6.07) is 4.99. The van der Waals surface area contributed by atoms with Crippen molar-refractivity contribution in [2.75, 3.05) is 26.2 Å². The number of rotatable bonds is 6. The van der Waals surface area contributed by atoms with Crippen LogP contribution in [0.2, 0.25) is 0 Å². The van der Waals surface area contributed by atoms with Crippen LogP contribution in [0.4, 0.5) is 0 Å². The fraction of sp³-hybridized carbons (Fsp3) is 0.667. The molecule has 0 bridgehead atoms. The number of carbonyl (C=O) groups is 1. The van der Waals surface area contributed by atoms with Gasteiger partial charge in [0.15, 0.2) is 0 Å². The van der Waals surface area contributed by atoms with Gasteiger partial charge in [0.25, 0.3) is 0 Å². The summed E-state index contributed by atoms with van der Waals surface area (Å²) in [5, 5.41) is 11.2. The molecule has 4 nitrogen and oxygen atoms in total. The standard InChI is InChI=1S/C15H22N2O2S/c18-9-8-16(12-5-6-12)11-15(19)17-7-1-3-13(17)14-4-2-10-20-14/h2,4,10,12-13,18H,1,3,5-9,11H2. The van der Waals surface area contributed by atoms with E-state index in [9.17, 15) is 4.79 Å². The lowest BCUT2D eigenvalue weighted by Gasteiger charge is -2.28. The Labute approximate surface area is 124 Å². The summed E-state index contributed by atoms with van der Waals surface area (Å²) in [4.78, 5) is 18.1. The molecular weight excluding hydrogens is 272 g/mol. The van der Waals surface area contributed by atoms with Crippen molar-refractivity contribution < 1.29 is 9.90 Å². The van der Waals surface area contributed by atoms with Crippen LogP contribution in [0.3, 0.4) is 0 Å². The SMILES string of the molecule is O=C(CN(CCO)C1CC1)N1CCCC1c1cccs1. The zero-order valence-electron chi connectivity index (χ0n) is 11.7. The van der Waals surface area contributed by atoms with E-state index in [1.165, 1.54) is 17.7 Å². The van der Waals surface area contributed by atoms with Crippen LogP contribution in [0, 0.1) is 0 Å². The number of aliphatic hydroxyl groups excluding tert-OH is 1. The van der Waals surface area contributed by atoms with Crippen LogP contribution >= 0.6 is 11.3 Å². The van der Waals surface area contributed by atoms with Crippen molar-refractivity contribution >= 4 is 17.2 Å². The number of hydrogen-bond donors (Lipinski definition) is 1. The van der Waals surface area contributed by atoms with Gasteiger partial charge in [-0.1, -0.05) is 6.07 Å². The Hall–Kier alpha value is -0.910. The summed E-state index contributed by atoms with van der Waals surface area (Å²) in [6.45, 7) is 2.10. The second kappa shape index (κ2) is 6.24. The van der Waals surface area contributed by atoms with E-state index < -0.39 is 0 Å². The van der Waals surface area contributed by atoms with Gasteiger partial charge in [0.2, 0.25) is 5.91 Å². The third-order valence-electron chi connectivity index (χ3n) is 4.23. The molecule has 3 rings (SSSR count). The van der Waals surface area contributed by atoms with Gasteiger partial charge >= 0.3 is 0 Å². The Kier molecular flexibility index (Phi) is 4.38. The zero-order chi connectivity index (χ0) is 13.9. The fourth-order valence-corrected chi connectivity index (χ4v) is 3.94. The average Bonchev–Trinajstić information content (AvgIpc) is 2.94. The Morgan fingerprint density at radius 2 is 2.30 bits per heavy atom. The number of aliphatic hydroxyl groups is 1. The highest BCUT2D eigenvalue weighted by Gasteiger charge is 2.34. The monoisotopic (exact) mass is 294 g/mol. The minimum absolute atomic E-state index is 0.137. The van der Waals surface area contributed by atoms with E-state index in [1.54, 1.807) is 11.3 Å². The number of nitrogens with zero attached hydrogens (tertiary/aromatic N) is 2. The number of carbonyl (C=O) groups excluding carboxylic acids is 1. The molecule has 1 aliphatic heterocycles. The molecule has 1 amide bonds. The van der Waals surface area contributed by atoms with Crippen molar-refractivity contribution in [3.8, 4) is 0 Å². The summed E-state index contributed by atoms with van der Waals surface area (Å²) in [5.74, 6) is 0.223. The average molecular weight is 294 g/mol. The van der Waals surface area contributed by atoms with Gasteiger partial charge in [-0.25, -0.2) is 0 Å². The Morgan fingerprint density at radius 1 is 1.45 bits per heavy atom. The van der Waals surface area contributed by atoms with Gasteiger partial charge in [0.1, 0.15) is 0 Å². The van der Waals surface area contributed by atoms with E-state index in [2.05, 4.69) is 22.4 Å². The molecule has 1 saturated heterocycles. The summed E-state index contributed by atoms with van der Waals surface area (Å²) in [7, 11) is 0. The second-order valence-electron chi connectivity index (χ2n) is 5.69. The predicted molar refractivity (Wildman–Crippen MR) is 79.7 cm³/mol. The number of amides is 1. The minimum atomic E-state index is 0.137. The van der Waals surface area contributed by atoms with Crippen molar-refractivity contribution in [2.24, 2.45) is 0 Å². The molecule has 2 fully saturated rings. The number of likely N-dealkylation sites (tertiary alicyclic amines) is 1. The highest BCUT2D eigenvalue weighted by molar-refractivity contribution is 7.10. The van der Waals surface area contributed by atoms with Crippen LogP contribution in [-0.4, -0.2) is 53.1 Å². The molecule has 1 atom stereocenters. The van der Waals surface area contributed by atoms with Gasteiger partial charge < -0.3 is 10.0 Å². The zero-order valence-corrected chi connectivity index (χ0v) is 12.5. The normalized spacial score (nSPS) is 22.7. The van der Waals surface area contributed by atoms with Gasteiger partial charge in [0.05, 0.1) is 19.2 Å². The molecule has 1 N–H and O–H groups in total. The smallest absolute Gasteiger partial charge is 0.237 e. The molecule has 1 aromatic rings. The minimum Gasteiger partial charge on any atom is -0.395 e. The van der Waals surface area contributed by atoms with E-state index in [1.807, 2.05) is 4.90 Å². The maximum Gasteiger partial charge on any atom is 0.237 e. The molecule has 1 unspecified atom stereocenters. The van der Waals surface area contributed by atoms with Gasteiger partial charge in [-0.05, 0) is 37.1 Å². The van der Waals surface area contributed by atoms with Crippen molar-refractivity contribution in [3.63, 3.8) is 0 Å². The fourth-order valence-electron chi connectivity index (χ4n) is 3.07. The van der Waals surface area contributed by atoms with Gasteiger partial charge in [-0.2, -0.15) is 0 Å². The van der Waals surface area contributed by atoms with Crippen molar-refractivity contribution in [1.82, 2.24) is 9.80 Å². The first-order valence-corrected chi connectivity index (χ1v) is 8.35. The largest absolute Gasteiger partial charge is 0.395 e. The van der Waals surface area contributed by atoms with Crippen LogP contribution < -0.4 is 0 Å². The molecule has 0 aromatic carbocycles. The van der Waals surface area contributed by atoms with E-state index in [4.69, 9.17) is 5.11 Å². The highest BCUT2D eigenvalue weighted by Crippen LogP contribution is 2.35. The Bertz CT molecular complexity index is 445. The summed E-state index contributed by atoms with van der Waals surface area (Å²) in [6.07, 6.45) is 4.51. The molecule has 0 spiro atoms. The Morgan fingerprint density at radius 3 is 2.95 bits per heavy atom. The van der Waals surface area contributed by atoms with E-state index in [-0.39, 0.29) is 18.6 Å². The van der Waals surface area contributed by atoms with Gasteiger partial charge in [-0.15, -0.1) is 11.3 Å². The van der Waals surface area contributed by atoms with Gasteiger partial charge in [0, 0.05) is 24.0 Å². The summed E-state index contributed by atoms with van der Waals surface area (Å²) >= 11 is 1.74. The van der Waals surface area contributed by atoms with E-state index >= 15 is 0 Å². The molecule has 110 valence electrons. The molecular formula is C15H22N2O2S. The topological polar surface area (TPSA) is 43.8 Å². The maximum absolute atomic E-state index is 12.6. The van der Waals surface area contributed by atoms with E-state index in [0.717, 1.165) is 19.4 Å². The Balaban J connectivity index is 1.63. The highest BCUT2D eigenvalue weighted by atomic mass is 32.1. The molecule has 2 heterocycles. The lowest BCUT2D eigenvalue weighted by Crippen LogP contribution is -2.41. The lowest BCUT2D eigenvalue weighted by atomic mass is 10.2. The lowest BCUT2D eigenvalue weighted by molar-refractivity contribution is -0.133.